The van der Waals surface area contributed by atoms with Crippen molar-refractivity contribution in [3.63, 3.8) is 0 Å². The van der Waals surface area contributed by atoms with Crippen molar-refractivity contribution in [3.05, 3.63) is 147 Å². The fourth-order valence-corrected chi connectivity index (χ4v) is 7.06. The van der Waals surface area contributed by atoms with Gasteiger partial charge in [-0.2, -0.15) is 10.5 Å². The Bertz CT molecular complexity index is 2470. The van der Waals surface area contributed by atoms with Crippen molar-refractivity contribution < 1.29 is 9.59 Å². The summed E-state index contributed by atoms with van der Waals surface area (Å²) in [4.78, 5) is 31.8. The average molecular weight is 799 g/mol. The van der Waals surface area contributed by atoms with Crippen LogP contribution in [0.4, 0.5) is 0 Å². The number of hydrogen-bond donors (Lipinski definition) is 1. The van der Waals surface area contributed by atoms with Crippen LogP contribution in [0.5, 0.6) is 0 Å². The largest absolute Gasteiger partial charge is 0.320 e. The Kier molecular flexibility index (Phi) is 13.9. The van der Waals surface area contributed by atoms with Crippen LogP contribution in [0.2, 0.25) is 10.3 Å². The van der Waals surface area contributed by atoms with Gasteiger partial charge in [0.1, 0.15) is 23.0 Å². The number of aryl methyl sites for hydroxylation is 2. The molecule has 0 aliphatic carbocycles. The van der Waals surface area contributed by atoms with Crippen LogP contribution in [0.1, 0.15) is 88.8 Å². The number of aromatic nitrogens is 8. The van der Waals surface area contributed by atoms with Crippen LogP contribution >= 0.6 is 23.2 Å². The van der Waals surface area contributed by atoms with E-state index < -0.39 is 0 Å². The SMILES string of the molecule is CCCCc1nc(Cl)c(C=O)n1Cc1ccc(-c2ccccc2-c2nn[nH]n2)cc1.CCCCc1nc(Cl)c(C=O)n1Cc1ccc(-c2ccccc2C#N)cc1. The number of rotatable bonds is 15. The molecule has 0 spiro atoms. The normalized spacial score (nSPS) is 10.8. The Morgan fingerprint density at radius 1 is 0.667 bits per heavy atom. The van der Waals surface area contributed by atoms with E-state index >= 15 is 0 Å². The van der Waals surface area contributed by atoms with Crippen molar-refractivity contribution in [2.45, 2.75) is 65.5 Å². The first-order chi connectivity index (χ1) is 27.9. The third-order valence-electron chi connectivity index (χ3n) is 9.59. The maximum Gasteiger partial charge on any atom is 0.205 e. The Hall–Kier alpha value is -6.22. The van der Waals surface area contributed by atoms with E-state index in [2.05, 4.69) is 74.8 Å². The molecule has 0 aliphatic heterocycles. The average Bonchev–Trinajstić information content (AvgIpc) is 3.97. The molecule has 11 nitrogen and oxygen atoms in total. The summed E-state index contributed by atoms with van der Waals surface area (Å²) >= 11 is 12.3. The number of nitrogens with zero attached hydrogens (tertiary/aromatic N) is 8. The molecule has 7 aromatic rings. The van der Waals surface area contributed by atoms with Gasteiger partial charge in [-0.3, -0.25) is 9.59 Å². The Morgan fingerprint density at radius 3 is 1.60 bits per heavy atom. The van der Waals surface area contributed by atoms with E-state index in [1.165, 1.54) is 0 Å². The van der Waals surface area contributed by atoms with Crippen LogP contribution < -0.4 is 0 Å². The van der Waals surface area contributed by atoms with Gasteiger partial charge in [-0.25, -0.2) is 9.97 Å². The number of carbonyl (C=O) groups excluding carboxylic acids is 2. The van der Waals surface area contributed by atoms with Crippen molar-refractivity contribution in [3.8, 4) is 39.7 Å². The third-order valence-corrected chi connectivity index (χ3v) is 10.1. The highest BCUT2D eigenvalue weighted by atomic mass is 35.5. The number of tetrazole rings is 1. The number of nitriles is 1. The van der Waals surface area contributed by atoms with Gasteiger partial charge in [-0.05, 0) is 57.5 Å². The molecule has 288 valence electrons. The standard InChI is InChI=1S/C22H21ClN6O.C22H20ClN3O/c1-2-3-8-20-24-21(23)19(14-30)29(20)13-15-9-11-16(12-10-15)17-6-4-5-7-18(17)22-25-27-28-26-22;1-2-3-8-21-25-22(23)20(15-27)26(21)14-16-9-11-17(12-10-16)19-7-5-4-6-18(19)13-24/h4-7,9-12,14H,2-3,8,13H2,1H3,(H,25,26,27,28);4-7,9-12,15H,2-3,8,14H2,1H3. The molecule has 0 amide bonds. The first-order valence-corrected chi connectivity index (χ1v) is 19.5. The minimum atomic E-state index is 0.260. The molecule has 57 heavy (non-hydrogen) atoms. The van der Waals surface area contributed by atoms with Crippen molar-refractivity contribution in [2.75, 3.05) is 0 Å². The molecule has 0 unspecified atom stereocenters. The van der Waals surface area contributed by atoms with Crippen molar-refractivity contribution >= 4 is 35.8 Å². The molecule has 0 saturated carbocycles. The van der Waals surface area contributed by atoms with Crippen LogP contribution in [0.3, 0.4) is 0 Å². The van der Waals surface area contributed by atoms with Gasteiger partial charge < -0.3 is 9.13 Å². The molecule has 4 aromatic carbocycles. The smallest absolute Gasteiger partial charge is 0.205 e. The van der Waals surface area contributed by atoms with Gasteiger partial charge >= 0.3 is 0 Å². The molecule has 7 rings (SSSR count). The van der Waals surface area contributed by atoms with Crippen molar-refractivity contribution in [1.82, 2.24) is 39.7 Å². The van der Waals surface area contributed by atoms with E-state index in [1.807, 2.05) is 81.9 Å². The lowest BCUT2D eigenvalue weighted by Gasteiger charge is -2.11. The van der Waals surface area contributed by atoms with E-state index in [4.69, 9.17) is 23.2 Å². The van der Waals surface area contributed by atoms with Crippen molar-refractivity contribution in [2.24, 2.45) is 0 Å². The fraction of sp³-hybridized carbons (Fsp3) is 0.227. The van der Waals surface area contributed by atoms with E-state index in [9.17, 15) is 14.9 Å². The second kappa shape index (κ2) is 19.6. The number of hydrogen-bond acceptors (Lipinski definition) is 8. The van der Waals surface area contributed by atoms with E-state index in [0.29, 0.717) is 35.9 Å². The molecule has 13 heteroatoms. The van der Waals surface area contributed by atoms with Gasteiger partial charge in [-0.1, -0.05) is 141 Å². The zero-order valence-electron chi connectivity index (χ0n) is 31.7. The van der Waals surface area contributed by atoms with Gasteiger partial charge in [0.15, 0.2) is 22.9 Å². The lowest BCUT2D eigenvalue weighted by atomic mass is 9.98. The molecule has 3 aromatic heterocycles. The minimum Gasteiger partial charge on any atom is -0.320 e. The summed E-state index contributed by atoms with van der Waals surface area (Å²) in [6.07, 6.45) is 7.22. The van der Waals surface area contributed by atoms with Crippen molar-refractivity contribution in [1.29, 1.82) is 5.26 Å². The molecular formula is C44H41Cl2N9O2. The number of imidazole rings is 2. The Labute approximate surface area is 341 Å². The summed E-state index contributed by atoms with van der Waals surface area (Å²) in [5, 5.41) is 24.2. The molecule has 0 radical (unpaired) electrons. The molecule has 0 fully saturated rings. The third kappa shape index (κ3) is 9.60. The van der Waals surface area contributed by atoms with E-state index in [1.54, 1.807) is 0 Å². The number of halogens is 2. The lowest BCUT2D eigenvalue weighted by molar-refractivity contribution is 0.110. The summed E-state index contributed by atoms with van der Waals surface area (Å²) in [5.41, 5.74) is 8.47. The predicted molar refractivity (Wildman–Crippen MR) is 222 cm³/mol. The summed E-state index contributed by atoms with van der Waals surface area (Å²) in [5.74, 6) is 2.23. The summed E-state index contributed by atoms with van der Waals surface area (Å²) in [7, 11) is 0. The molecular weight excluding hydrogens is 757 g/mol. The highest BCUT2D eigenvalue weighted by Gasteiger charge is 2.17. The zero-order valence-corrected chi connectivity index (χ0v) is 33.2. The van der Waals surface area contributed by atoms with Crippen LogP contribution in [-0.4, -0.2) is 52.3 Å². The van der Waals surface area contributed by atoms with Gasteiger partial charge in [0.25, 0.3) is 0 Å². The molecule has 0 bridgehead atoms. The number of nitrogens with one attached hydrogen (secondary N) is 1. The highest BCUT2D eigenvalue weighted by molar-refractivity contribution is 6.32. The quantitative estimate of drug-likeness (QED) is 0.101. The number of carbonyl (C=O) groups is 2. The molecule has 3 heterocycles. The van der Waals surface area contributed by atoms with Crippen LogP contribution in [-0.2, 0) is 25.9 Å². The maximum atomic E-state index is 11.5. The molecule has 0 aliphatic rings. The highest BCUT2D eigenvalue weighted by Crippen LogP contribution is 2.30. The lowest BCUT2D eigenvalue weighted by Crippen LogP contribution is -2.08. The maximum absolute atomic E-state index is 11.5. The number of benzene rings is 4. The van der Waals surface area contributed by atoms with Gasteiger partial charge in [0.2, 0.25) is 5.82 Å². The topological polar surface area (TPSA) is 148 Å². The summed E-state index contributed by atoms with van der Waals surface area (Å²) in [6, 6.07) is 33.9. The number of aromatic amines is 1. The monoisotopic (exact) mass is 797 g/mol. The van der Waals surface area contributed by atoms with Gasteiger partial charge in [-0.15, -0.1) is 10.2 Å². The zero-order chi connectivity index (χ0) is 40.1. The summed E-state index contributed by atoms with van der Waals surface area (Å²) in [6.45, 7) is 5.32. The van der Waals surface area contributed by atoms with Crippen LogP contribution in [0, 0.1) is 11.3 Å². The number of unbranched alkanes of at least 4 members (excludes halogenated alkanes) is 2. The number of aldehydes is 2. The Morgan fingerprint density at radius 2 is 1.14 bits per heavy atom. The van der Waals surface area contributed by atoms with Gasteiger partial charge in [0, 0.05) is 31.5 Å². The minimum absolute atomic E-state index is 0.260. The molecule has 1 N–H and O–H groups in total. The van der Waals surface area contributed by atoms with Crippen LogP contribution in [0.25, 0.3) is 33.6 Å². The van der Waals surface area contributed by atoms with Gasteiger partial charge in [0.05, 0.1) is 11.6 Å². The second-order valence-corrected chi connectivity index (χ2v) is 14.1. The molecule has 0 atom stereocenters. The summed E-state index contributed by atoms with van der Waals surface area (Å²) < 4.78 is 3.80. The predicted octanol–water partition coefficient (Wildman–Crippen LogP) is 9.87. The first-order valence-electron chi connectivity index (χ1n) is 18.8. The fourth-order valence-electron chi connectivity index (χ4n) is 6.57. The van der Waals surface area contributed by atoms with Crippen LogP contribution in [0.15, 0.2) is 97.1 Å². The number of H-pyrrole nitrogens is 1. The van der Waals surface area contributed by atoms with E-state index in [-0.39, 0.29) is 10.3 Å². The second-order valence-electron chi connectivity index (χ2n) is 13.4. The first kappa shape index (κ1) is 40.4. The molecule has 0 saturated heterocycles. The van der Waals surface area contributed by atoms with E-state index in [0.717, 1.165) is 102 Å². The Balaban J connectivity index is 0.000000194.